The summed E-state index contributed by atoms with van der Waals surface area (Å²) in [4.78, 5) is 26.5. The highest BCUT2D eigenvalue weighted by atomic mass is 16.6. The first-order chi connectivity index (χ1) is 18.1. The molecule has 1 N–H and O–H groups in total. The number of nitrogens with zero attached hydrogens (tertiary/aromatic N) is 2. The predicted molar refractivity (Wildman–Crippen MR) is 143 cm³/mol. The average Bonchev–Trinajstić information content (AvgIpc) is 2.82. The summed E-state index contributed by atoms with van der Waals surface area (Å²) in [5.74, 6) is 3.01. The fraction of sp³-hybridized carbons (Fsp3) is 0.345. The number of anilines is 1. The van der Waals surface area contributed by atoms with Crippen molar-refractivity contribution in [2.45, 2.75) is 39.4 Å². The van der Waals surface area contributed by atoms with Crippen LogP contribution in [0.5, 0.6) is 17.2 Å². The molecule has 0 radical (unpaired) electrons. The number of likely N-dealkylation sites (tertiary alicyclic amines) is 1. The number of carbonyl (C=O) groups is 2. The molecular formula is C29H31N3O6. The van der Waals surface area contributed by atoms with Gasteiger partial charge in [0.1, 0.15) is 24.4 Å². The highest BCUT2D eigenvalue weighted by Gasteiger charge is 2.36. The van der Waals surface area contributed by atoms with Gasteiger partial charge in [-0.2, -0.15) is 5.26 Å². The van der Waals surface area contributed by atoms with E-state index in [9.17, 15) is 14.9 Å². The summed E-state index contributed by atoms with van der Waals surface area (Å²) >= 11 is 0. The van der Waals surface area contributed by atoms with Crippen molar-refractivity contribution in [3.8, 4) is 35.7 Å². The van der Waals surface area contributed by atoms with Crippen LogP contribution in [0.15, 0.2) is 36.4 Å². The zero-order valence-electron chi connectivity index (χ0n) is 22.2. The number of hydrogen-bond donors (Lipinski definition) is 1. The van der Waals surface area contributed by atoms with Crippen molar-refractivity contribution in [2.75, 3.05) is 32.1 Å². The Bertz CT molecular complexity index is 1310. The second-order valence-corrected chi connectivity index (χ2v) is 9.57. The molecule has 2 aromatic carbocycles. The van der Waals surface area contributed by atoms with Crippen molar-refractivity contribution in [3.05, 3.63) is 53.1 Å². The lowest BCUT2D eigenvalue weighted by Gasteiger charge is -2.39. The molecule has 38 heavy (non-hydrogen) atoms. The largest absolute Gasteiger partial charge is 0.490 e. The van der Waals surface area contributed by atoms with Crippen LogP contribution >= 0.6 is 0 Å². The van der Waals surface area contributed by atoms with Crippen molar-refractivity contribution in [1.82, 2.24) is 4.90 Å². The van der Waals surface area contributed by atoms with Gasteiger partial charge in [-0.05, 0) is 57.5 Å². The Labute approximate surface area is 222 Å². The number of amides is 2. The highest BCUT2D eigenvalue weighted by molar-refractivity contribution is 6.03. The van der Waals surface area contributed by atoms with E-state index in [1.807, 2.05) is 0 Å². The van der Waals surface area contributed by atoms with Crippen molar-refractivity contribution < 1.29 is 28.5 Å². The van der Waals surface area contributed by atoms with Crippen molar-refractivity contribution in [2.24, 2.45) is 0 Å². The molecule has 1 fully saturated rings. The molecule has 1 saturated heterocycles. The number of hydrogen-bond acceptors (Lipinski definition) is 7. The van der Waals surface area contributed by atoms with E-state index in [1.54, 1.807) is 69.0 Å². The van der Waals surface area contributed by atoms with Crippen molar-refractivity contribution in [3.63, 3.8) is 0 Å². The SMILES string of the molecule is C#CCOc1ccc(/C=C/C(=O)Nc2cccc(C)c2C#N)c(OC2CN(C(=O)OC(C)(C)C)C2)c1OC. The Morgan fingerprint density at radius 2 is 1.95 bits per heavy atom. The van der Waals surface area contributed by atoms with Crippen LogP contribution in [-0.2, 0) is 9.53 Å². The third-order valence-electron chi connectivity index (χ3n) is 5.46. The van der Waals surface area contributed by atoms with E-state index in [1.165, 1.54) is 13.2 Å². The topological polar surface area (TPSA) is 110 Å². The monoisotopic (exact) mass is 517 g/mol. The van der Waals surface area contributed by atoms with Gasteiger partial charge >= 0.3 is 6.09 Å². The standard InChI is InChI=1S/C29H31N3O6/c1-7-15-36-24-13-11-20(12-14-25(33)31-23-10-8-9-19(2)22(23)16-30)26(27(24)35-6)37-21-17-32(18-21)28(34)38-29(3,4)5/h1,8-14,21H,15,17-18H2,2-6H3,(H,31,33)/b14-12+. The number of benzene rings is 2. The summed E-state index contributed by atoms with van der Waals surface area (Å²) in [6.07, 6.45) is 7.50. The van der Waals surface area contributed by atoms with Crippen LogP contribution < -0.4 is 19.5 Å². The van der Waals surface area contributed by atoms with Gasteiger partial charge in [0.15, 0.2) is 11.5 Å². The smallest absolute Gasteiger partial charge is 0.410 e. The summed E-state index contributed by atoms with van der Waals surface area (Å²) in [6, 6.07) is 10.7. The normalized spacial score (nSPS) is 13.2. The van der Waals surface area contributed by atoms with Gasteiger partial charge < -0.3 is 29.2 Å². The molecule has 2 amide bonds. The van der Waals surface area contributed by atoms with E-state index in [2.05, 4.69) is 17.3 Å². The maximum Gasteiger partial charge on any atom is 0.410 e. The van der Waals surface area contributed by atoms with E-state index in [-0.39, 0.29) is 12.7 Å². The summed E-state index contributed by atoms with van der Waals surface area (Å²) < 4.78 is 22.8. The Morgan fingerprint density at radius 1 is 1.21 bits per heavy atom. The lowest BCUT2D eigenvalue weighted by atomic mass is 10.1. The minimum absolute atomic E-state index is 0.0287. The fourth-order valence-corrected chi connectivity index (χ4v) is 3.65. The summed E-state index contributed by atoms with van der Waals surface area (Å²) in [6.45, 7) is 7.89. The molecular weight excluding hydrogens is 486 g/mol. The fourth-order valence-electron chi connectivity index (χ4n) is 3.65. The summed E-state index contributed by atoms with van der Waals surface area (Å²) in [7, 11) is 1.47. The van der Waals surface area contributed by atoms with Crippen molar-refractivity contribution >= 4 is 23.8 Å². The molecule has 2 aromatic rings. The third kappa shape index (κ3) is 6.98. The van der Waals surface area contributed by atoms with Gasteiger partial charge in [-0.15, -0.1) is 6.42 Å². The number of aryl methyl sites for hydroxylation is 1. The van der Waals surface area contributed by atoms with Crippen LogP contribution in [0.2, 0.25) is 0 Å². The first kappa shape index (κ1) is 27.9. The molecule has 0 spiro atoms. The molecule has 0 saturated carbocycles. The second kappa shape index (κ2) is 12.1. The van der Waals surface area contributed by atoms with Crippen LogP contribution in [0.25, 0.3) is 6.08 Å². The van der Waals surface area contributed by atoms with E-state index in [4.69, 9.17) is 25.4 Å². The van der Waals surface area contributed by atoms with E-state index >= 15 is 0 Å². The summed E-state index contributed by atoms with van der Waals surface area (Å²) in [5.41, 5.74) is 1.53. The number of nitrogens with one attached hydrogen (secondary N) is 1. The molecule has 9 nitrogen and oxygen atoms in total. The molecule has 1 heterocycles. The molecule has 0 atom stereocenters. The number of terminal acetylenes is 1. The summed E-state index contributed by atoms with van der Waals surface area (Å²) in [5, 5.41) is 12.2. The van der Waals surface area contributed by atoms with Crippen LogP contribution in [0.1, 0.15) is 37.5 Å². The van der Waals surface area contributed by atoms with Crippen LogP contribution in [-0.4, -0.2) is 55.4 Å². The van der Waals surface area contributed by atoms with Crippen LogP contribution in [0.4, 0.5) is 10.5 Å². The van der Waals surface area contributed by atoms with Crippen molar-refractivity contribution in [1.29, 1.82) is 5.26 Å². The highest BCUT2D eigenvalue weighted by Crippen LogP contribution is 2.42. The van der Waals surface area contributed by atoms with Gasteiger partial charge in [-0.25, -0.2) is 4.79 Å². The maximum absolute atomic E-state index is 12.7. The molecule has 0 aromatic heterocycles. The van der Waals surface area contributed by atoms with Crippen LogP contribution in [0, 0.1) is 30.6 Å². The van der Waals surface area contributed by atoms with Gasteiger partial charge in [0.05, 0.1) is 31.5 Å². The van der Waals surface area contributed by atoms with E-state index in [0.717, 1.165) is 5.56 Å². The number of carbonyl (C=O) groups excluding carboxylic acids is 2. The van der Waals surface area contributed by atoms with Gasteiger partial charge in [-0.3, -0.25) is 4.79 Å². The Balaban J connectivity index is 1.82. The molecule has 1 aliphatic heterocycles. The third-order valence-corrected chi connectivity index (χ3v) is 5.46. The Hall–Kier alpha value is -4.63. The molecule has 3 rings (SSSR count). The first-order valence-electron chi connectivity index (χ1n) is 12.0. The van der Waals surface area contributed by atoms with E-state index < -0.39 is 17.6 Å². The Kier molecular flexibility index (Phi) is 8.88. The number of rotatable bonds is 8. The van der Waals surface area contributed by atoms with Gasteiger partial charge in [0.25, 0.3) is 0 Å². The Morgan fingerprint density at radius 3 is 2.58 bits per heavy atom. The molecule has 198 valence electrons. The molecule has 0 bridgehead atoms. The predicted octanol–water partition coefficient (Wildman–Crippen LogP) is 4.54. The minimum atomic E-state index is -0.597. The number of methoxy groups -OCH3 is 1. The minimum Gasteiger partial charge on any atom is -0.490 e. The van der Waals surface area contributed by atoms with Gasteiger partial charge in [0.2, 0.25) is 11.7 Å². The van der Waals surface area contributed by atoms with Gasteiger partial charge in [0, 0.05) is 11.6 Å². The number of nitriles is 1. The molecule has 9 heteroatoms. The first-order valence-corrected chi connectivity index (χ1v) is 12.0. The molecule has 0 aliphatic carbocycles. The van der Waals surface area contributed by atoms with Gasteiger partial charge in [-0.1, -0.05) is 18.1 Å². The molecule has 0 unspecified atom stereocenters. The average molecular weight is 518 g/mol. The maximum atomic E-state index is 12.7. The molecule has 1 aliphatic rings. The lowest BCUT2D eigenvalue weighted by Crippen LogP contribution is -2.57. The van der Waals surface area contributed by atoms with Crippen LogP contribution in [0.3, 0.4) is 0 Å². The second-order valence-electron chi connectivity index (χ2n) is 9.57. The quantitative estimate of drug-likeness (QED) is 0.404. The lowest BCUT2D eigenvalue weighted by molar-refractivity contribution is -0.111. The number of ether oxygens (including phenoxy) is 4. The zero-order valence-corrected chi connectivity index (χ0v) is 22.2. The van der Waals surface area contributed by atoms with E-state index in [0.29, 0.717) is 47.2 Å². The zero-order chi connectivity index (χ0) is 27.9.